The van der Waals surface area contributed by atoms with Crippen molar-refractivity contribution in [2.45, 2.75) is 0 Å². The number of hydrogen-bond acceptors (Lipinski definition) is 2. The molecule has 0 spiro atoms. The largest absolute Gasteiger partial charge is 0.508 e. The number of rotatable bonds is 4. The lowest BCUT2D eigenvalue weighted by molar-refractivity contribution is 0.475. The highest BCUT2D eigenvalue weighted by atomic mass is 31.2. The van der Waals surface area contributed by atoms with E-state index in [1.807, 2.05) is 60.7 Å². The van der Waals surface area contributed by atoms with Gasteiger partial charge in [0.2, 0.25) is 7.29 Å². The average Bonchev–Trinajstić information content (AvgIpc) is 2.56. The van der Waals surface area contributed by atoms with Crippen LogP contribution in [-0.4, -0.2) is 5.11 Å². The first-order chi connectivity index (χ1) is 10.7. The highest BCUT2D eigenvalue weighted by molar-refractivity contribution is 7.80. The standard InChI is InChI=1S/C18H16NO2P/c20-16-9-7-8-15(14-16)19-22(21,17-10-3-1-4-11-17)18-12-5-2-6-13-18/h1-14,20H,(H,19,21). The first-order valence-electron chi connectivity index (χ1n) is 6.97. The summed E-state index contributed by atoms with van der Waals surface area (Å²) in [6, 6.07) is 25.3. The van der Waals surface area contributed by atoms with E-state index < -0.39 is 7.29 Å². The zero-order valence-corrected chi connectivity index (χ0v) is 12.8. The van der Waals surface area contributed by atoms with Crippen LogP contribution in [0.1, 0.15) is 0 Å². The molecule has 4 heteroatoms. The summed E-state index contributed by atoms with van der Waals surface area (Å²) in [6.07, 6.45) is 0. The Labute approximate surface area is 129 Å². The molecule has 3 nitrogen and oxygen atoms in total. The third kappa shape index (κ3) is 2.90. The van der Waals surface area contributed by atoms with Crippen molar-refractivity contribution in [2.75, 3.05) is 5.09 Å². The van der Waals surface area contributed by atoms with E-state index in [0.717, 1.165) is 10.6 Å². The van der Waals surface area contributed by atoms with Crippen molar-refractivity contribution in [2.24, 2.45) is 0 Å². The Morgan fingerprint density at radius 1 is 0.727 bits per heavy atom. The van der Waals surface area contributed by atoms with Crippen LogP contribution in [0.4, 0.5) is 5.69 Å². The fraction of sp³-hybridized carbons (Fsp3) is 0. The van der Waals surface area contributed by atoms with Gasteiger partial charge in [-0.05, 0) is 36.4 Å². The summed E-state index contributed by atoms with van der Waals surface area (Å²) in [5.74, 6) is 0.137. The topological polar surface area (TPSA) is 49.3 Å². The molecule has 2 N–H and O–H groups in total. The van der Waals surface area contributed by atoms with E-state index in [4.69, 9.17) is 0 Å². The molecule has 0 bridgehead atoms. The number of aromatic hydroxyl groups is 1. The Bertz CT molecular complexity index is 760. The van der Waals surface area contributed by atoms with Crippen LogP contribution in [0.15, 0.2) is 84.9 Å². The molecule has 0 heterocycles. The van der Waals surface area contributed by atoms with E-state index >= 15 is 0 Å². The van der Waals surface area contributed by atoms with Gasteiger partial charge in [0.05, 0.1) is 0 Å². The van der Waals surface area contributed by atoms with Gasteiger partial charge in [-0.15, -0.1) is 0 Å². The second-order valence-electron chi connectivity index (χ2n) is 4.94. The normalized spacial score (nSPS) is 11.1. The third-order valence-corrected chi connectivity index (χ3v) is 6.00. The van der Waals surface area contributed by atoms with Crippen molar-refractivity contribution >= 4 is 23.6 Å². The van der Waals surface area contributed by atoms with Gasteiger partial charge in [-0.3, -0.25) is 4.57 Å². The summed E-state index contributed by atoms with van der Waals surface area (Å²) >= 11 is 0. The SMILES string of the molecule is O=P(Nc1cccc(O)c1)(c1ccccc1)c1ccccc1. The Morgan fingerprint density at radius 3 is 1.77 bits per heavy atom. The van der Waals surface area contributed by atoms with Gasteiger partial charge in [0.1, 0.15) is 5.75 Å². The molecule has 0 aliphatic rings. The van der Waals surface area contributed by atoms with E-state index in [0.29, 0.717) is 5.69 Å². The number of nitrogens with one attached hydrogen (secondary N) is 1. The summed E-state index contributed by atoms with van der Waals surface area (Å²) in [4.78, 5) is 0. The molecule has 0 amide bonds. The Kier molecular flexibility index (Phi) is 3.99. The summed E-state index contributed by atoms with van der Waals surface area (Å²) in [5, 5.41) is 14.2. The van der Waals surface area contributed by atoms with Gasteiger partial charge >= 0.3 is 0 Å². The first-order valence-corrected chi connectivity index (χ1v) is 8.68. The highest BCUT2D eigenvalue weighted by Gasteiger charge is 2.27. The molecule has 3 rings (SSSR count). The number of benzene rings is 3. The van der Waals surface area contributed by atoms with Crippen molar-refractivity contribution in [3.63, 3.8) is 0 Å². The van der Waals surface area contributed by atoms with Crippen LogP contribution in [-0.2, 0) is 4.57 Å². The smallest absolute Gasteiger partial charge is 0.227 e. The second-order valence-corrected chi connectivity index (χ2v) is 7.42. The minimum Gasteiger partial charge on any atom is -0.508 e. The molecule has 0 aliphatic carbocycles. The molecular weight excluding hydrogens is 293 g/mol. The first kappa shape index (κ1) is 14.4. The predicted molar refractivity (Wildman–Crippen MR) is 91.5 cm³/mol. The van der Waals surface area contributed by atoms with Crippen LogP contribution in [0.2, 0.25) is 0 Å². The Hall–Kier alpha value is -2.51. The Balaban J connectivity index is 2.10. The molecule has 0 atom stereocenters. The van der Waals surface area contributed by atoms with E-state index in [1.54, 1.807) is 24.3 Å². The van der Waals surface area contributed by atoms with E-state index in [2.05, 4.69) is 5.09 Å². The maximum Gasteiger partial charge on any atom is 0.227 e. The fourth-order valence-electron chi connectivity index (χ4n) is 2.31. The van der Waals surface area contributed by atoms with E-state index in [9.17, 15) is 9.67 Å². The molecule has 0 saturated heterocycles. The minimum absolute atomic E-state index is 0.137. The van der Waals surface area contributed by atoms with Crippen molar-refractivity contribution in [1.82, 2.24) is 0 Å². The summed E-state index contributed by atoms with van der Waals surface area (Å²) < 4.78 is 13.7. The van der Waals surface area contributed by atoms with Crippen LogP contribution in [0.5, 0.6) is 5.75 Å². The molecule has 110 valence electrons. The average molecular weight is 309 g/mol. The third-order valence-electron chi connectivity index (χ3n) is 3.37. The van der Waals surface area contributed by atoms with Gasteiger partial charge in [-0.1, -0.05) is 42.5 Å². The molecule has 3 aromatic carbocycles. The van der Waals surface area contributed by atoms with Crippen LogP contribution in [0.25, 0.3) is 0 Å². The molecule has 0 saturated carbocycles. The molecule has 0 radical (unpaired) electrons. The van der Waals surface area contributed by atoms with Gasteiger partial charge in [0.25, 0.3) is 0 Å². The molecule has 22 heavy (non-hydrogen) atoms. The van der Waals surface area contributed by atoms with Crippen molar-refractivity contribution in [3.8, 4) is 5.75 Å². The highest BCUT2D eigenvalue weighted by Crippen LogP contribution is 2.43. The quantitative estimate of drug-likeness (QED) is 0.722. The molecule has 0 aromatic heterocycles. The number of hydrogen-bond donors (Lipinski definition) is 2. The molecular formula is C18H16NO2P. The monoisotopic (exact) mass is 309 g/mol. The van der Waals surface area contributed by atoms with Crippen LogP contribution >= 0.6 is 7.29 Å². The lowest BCUT2D eigenvalue weighted by atomic mass is 10.3. The zero-order chi connectivity index (χ0) is 15.4. The number of phenolic OH excluding ortho intramolecular Hbond substituents is 1. The van der Waals surface area contributed by atoms with Crippen LogP contribution < -0.4 is 15.7 Å². The van der Waals surface area contributed by atoms with Gasteiger partial charge in [0.15, 0.2) is 0 Å². The maximum absolute atomic E-state index is 13.7. The van der Waals surface area contributed by atoms with Gasteiger partial charge < -0.3 is 10.2 Å². The molecule has 0 fully saturated rings. The zero-order valence-electron chi connectivity index (χ0n) is 11.9. The van der Waals surface area contributed by atoms with Crippen LogP contribution in [0.3, 0.4) is 0 Å². The summed E-state index contributed by atoms with van der Waals surface area (Å²) in [5.41, 5.74) is 0.621. The van der Waals surface area contributed by atoms with Crippen molar-refractivity contribution in [1.29, 1.82) is 0 Å². The lowest BCUT2D eigenvalue weighted by Crippen LogP contribution is -2.21. The summed E-state index contributed by atoms with van der Waals surface area (Å²) in [6.45, 7) is 0. The van der Waals surface area contributed by atoms with Crippen molar-refractivity contribution in [3.05, 3.63) is 84.9 Å². The lowest BCUT2D eigenvalue weighted by Gasteiger charge is -2.21. The number of anilines is 1. The minimum atomic E-state index is -3.03. The van der Waals surface area contributed by atoms with Gasteiger partial charge in [-0.25, -0.2) is 0 Å². The van der Waals surface area contributed by atoms with Gasteiger partial charge in [0, 0.05) is 22.4 Å². The second kappa shape index (κ2) is 6.08. The van der Waals surface area contributed by atoms with E-state index in [-0.39, 0.29) is 5.75 Å². The molecule has 0 aliphatic heterocycles. The van der Waals surface area contributed by atoms with Crippen molar-refractivity contribution < 1.29 is 9.67 Å². The van der Waals surface area contributed by atoms with E-state index in [1.165, 1.54) is 0 Å². The maximum atomic E-state index is 13.7. The predicted octanol–water partition coefficient (Wildman–Crippen LogP) is 3.73. The number of phenols is 1. The Morgan fingerprint density at radius 2 is 1.27 bits per heavy atom. The molecule has 0 unspecified atom stereocenters. The molecule has 3 aromatic rings. The summed E-state index contributed by atoms with van der Waals surface area (Å²) in [7, 11) is -3.03. The van der Waals surface area contributed by atoms with Gasteiger partial charge in [-0.2, -0.15) is 0 Å². The van der Waals surface area contributed by atoms with Crippen LogP contribution in [0, 0.1) is 0 Å². The fourth-order valence-corrected chi connectivity index (χ4v) is 4.55.